The van der Waals surface area contributed by atoms with Crippen molar-refractivity contribution in [2.75, 3.05) is 13.2 Å². The first-order valence-electron chi connectivity index (χ1n) is 11.0. The summed E-state index contributed by atoms with van der Waals surface area (Å²) in [6.07, 6.45) is 3.07. The highest BCUT2D eigenvalue weighted by Gasteiger charge is 2.25. The quantitative estimate of drug-likeness (QED) is 0.447. The number of esters is 1. The number of aromatic nitrogens is 1. The van der Waals surface area contributed by atoms with Crippen molar-refractivity contribution in [3.05, 3.63) is 70.6 Å². The van der Waals surface area contributed by atoms with Gasteiger partial charge in [0, 0.05) is 12.0 Å². The van der Waals surface area contributed by atoms with Crippen LogP contribution in [-0.4, -0.2) is 24.2 Å². The molecule has 0 amide bonds. The molecule has 3 aromatic rings. The van der Waals surface area contributed by atoms with Crippen molar-refractivity contribution in [1.29, 1.82) is 0 Å². The topological polar surface area (TPSA) is 61.6 Å². The first-order chi connectivity index (χ1) is 15.0. The highest BCUT2D eigenvalue weighted by atomic mass is 16.5. The lowest BCUT2D eigenvalue weighted by atomic mass is 9.98. The van der Waals surface area contributed by atoms with E-state index >= 15 is 0 Å². The second kappa shape index (κ2) is 9.38. The molecule has 0 bridgehead atoms. The fraction of sp³-hybridized carbons (Fsp3) is 0.385. The van der Waals surface area contributed by atoms with Crippen molar-refractivity contribution < 1.29 is 18.7 Å². The van der Waals surface area contributed by atoms with Crippen molar-refractivity contribution in [2.45, 2.75) is 52.4 Å². The predicted octanol–water partition coefficient (Wildman–Crippen LogP) is 5.56. The van der Waals surface area contributed by atoms with Crippen LogP contribution in [0.4, 0.5) is 0 Å². The van der Waals surface area contributed by atoms with Gasteiger partial charge in [-0.05, 0) is 74.9 Å². The van der Waals surface area contributed by atoms with Crippen molar-refractivity contribution in [1.82, 2.24) is 4.98 Å². The number of fused-ring (bicyclic) bond motifs is 1. The van der Waals surface area contributed by atoms with E-state index in [4.69, 9.17) is 13.9 Å². The lowest BCUT2D eigenvalue weighted by Crippen LogP contribution is -2.08. The Morgan fingerprint density at radius 3 is 2.74 bits per heavy atom. The number of rotatable bonds is 8. The monoisotopic (exact) mass is 419 g/mol. The van der Waals surface area contributed by atoms with Crippen LogP contribution in [-0.2, 0) is 22.4 Å². The van der Waals surface area contributed by atoms with Gasteiger partial charge in [-0.25, -0.2) is 4.98 Å². The van der Waals surface area contributed by atoms with Crippen molar-refractivity contribution in [3.63, 3.8) is 0 Å². The number of nitrogens with zero attached hydrogens (tertiary/aromatic N) is 1. The standard InChI is InChI=1S/C26H29NO4/c1-4-29-25(28)16-21-10-9-20-15-22(11-12-23(20)21)30-14-13-24-18(3)27-26(31-24)19-7-5-17(2)6-8-19/h5-8,11-12,15,21H,4,9-10,13-14,16H2,1-3H3/t21-/m0/s1. The molecule has 1 aliphatic carbocycles. The Hall–Kier alpha value is -3.08. The van der Waals surface area contributed by atoms with Gasteiger partial charge in [0.05, 0.1) is 25.3 Å². The van der Waals surface area contributed by atoms with E-state index in [0.717, 1.165) is 35.6 Å². The van der Waals surface area contributed by atoms with Gasteiger partial charge < -0.3 is 13.9 Å². The Morgan fingerprint density at radius 2 is 1.97 bits per heavy atom. The van der Waals surface area contributed by atoms with Crippen LogP contribution in [0.1, 0.15) is 53.8 Å². The van der Waals surface area contributed by atoms with Gasteiger partial charge in [0.25, 0.3) is 0 Å². The highest BCUT2D eigenvalue weighted by Crippen LogP contribution is 2.37. The Labute approximate surface area is 183 Å². The molecule has 31 heavy (non-hydrogen) atoms. The van der Waals surface area contributed by atoms with E-state index in [0.29, 0.717) is 31.9 Å². The number of ether oxygens (including phenoxy) is 2. The largest absolute Gasteiger partial charge is 0.493 e. The second-order valence-corrected chi connectivity index (χ2v) is 8.10. The maximum absolute atomic E-state index is 11.8. The zero-order valence-corrected chi connectivity index (χ0v) is 18.4. The fourth-order valence-electron chi connectivity index (χ4n) is 4.15. The molecular weight excluding hydrogens is 390 g/mol. The molecule has 0 aliphatic heterocycles. The normalized spacial score (nSPS) is 15.0. The van der Waals surface area contributed by atoms with Gasteiger partial charge >= 0.3 is 5.97 Å². The average Bonchev–Trinajstić information content (AvgIpc) is 3.32. The summed E-state index contributed by atoms with van der Waals surface area (Å²) in [7, 11) is 0. The number of hydrogen-bond donors (Lipinski definition) is 0. The minimum Gasteiger partial charge on any atom is -0.493 e. The maximum Gasteiger partial charge on any atom is 0.306 e. The molecule has 0 saturated carbocycles. The maximum atomic E-state index is 11.8. The summed E-state index contributed by atoms with van der Waals surface area (Å²) in [6.45, 7) is 6.83. The molecule has 4 rings (SSSR count). The van der Waals surface area contributed by atoms with E-state index < -0.39 is 0 Å². The minimum atomic E-state index is -0.117. The molecule has 1 aromatic heterocycles. The van der Waals surface area contributed by atoms with Gasteiger partial charge in [-0.15, -0.1) is 0 Å². The summed E-state index contributed by atoms with van der Waals surface area (Å²) >= 11 is 0. The molecule has 1 aliphatic rings. The molecule has 0 spiro atoms. The smallest absolute Gasteiger partial charge is 0.306 e. The molecule has 0 radical (unpaired) electrons. The summed E-state index contributed by atoms with van der Waals surface area (Å²) in [5, 5.41) is 0. The fourth-order valence-corrected chi connectivity index (χ4v) is 4.15. The predicted molar refractivity (Wildman–Crippen MR) is 119 cm³/mol. The number of hydrogen-bond acceptors (Lipinski definition) is 5. The number of carbonyl (C=O) groups excluding carboxylic acids is 1. The van der Waals surface area contributed by atoms with E-state index in [2.05, 4.69) is 36.2 Å². The number of benzene rings is 2. The summed E-state index contributed by atoms with van der Waals surface area (Å²) in [6, 6.07) is 14.4. The van der Waals surface area contributed by atoms with Gasteiger partial charge in [0.2, 0.25) is 5.89 Å². The van der Waals surface area contributed by atoms with E-state index in [9.17, 15) is 4.79 Å². The Balaban J connectivity index is 1.34. The van der Waals surface area contributed by atoms with Crippen LogP contribution in [0.2, 0.25) is 0 Å². The van der Waals surface area contributed by atoms with Crippen LogP contribution in [0.15, 0.2) is 46.9 Å². The molecule has 1 atom stereocenters. The molecule has 2 aromatic carbocycles. The van der Waals surface area contributed by atoms with E-state index in [1.807, 2.05) is 32.0 Å². The molecule has 0 unspecified atom stereocenters. The van der Waals surface area contributed by atoms with Crippen molar-refractivity contribution in [3.8, 4) is 17.2 Å². The number of carbonyl (C=O) groups is 1. The summed E-state index contributed by atoms with van der Waals surface area (Å²) in [5.41, 5.74) is 5.60. The molecule has 5 heteroatoms. The van der Waals surface area contributed by atoms with Gasteiger partial charge in [-0.1, -0.05) is 23.8 Å². The third-order valence-corrected chi connectivity index (χ3v) is 5.82. The zero-order valence-electron chi connectivity index (χ0n) is 18.4. The first-order valence-corrected chi connectivity index (χ1v) is 11.0. The molecule has 0 N–H and O–H groups in total. The third-order valence-electron chi connectivity index (χ3n) is 5.82. The summed E-state index contributed by atoms with van der Waals surface area (Å²) in [4.78, 5) is 16.4. The number of oxazole rings is 1. The average molecular weight is 420 g/mol. The summed E-state index contributed by atoms with van der Waals surface area (Å²) in [5.74, 6) is 2.49. The lowest BCUT2D eigenvalue weighted by Gasteiger charge is -2.12. The molecule has 0 fully saturated rings. The third kappa shape index (κ3) is 4.98. The Morgan fingerprint density at radius 1 is 1.16 bits per heavy atom. The van der Waals surface area contributed by atoms with Crippen LogP contribution in [0.3, 0.4) is 0 Å². The van der Waals surface area contributed by atoms with Crippen LogP contribution in [0, 0.1) is 13.8 Å². The Bertz CT molecular complexity index is 1050. The molecule has 0 saturated heterocycles. The molecular formula is C26H29NO4. The van der Waals surface area contributed by atoms with E-state index in [-0.39, 0.29) is 11.9 Å². The molecule has 162 valence electrons. The van der Waals surface area contributed by atoms with Crippen LogP contribution in [0.5, 0.6) is 5.75 Å². The van der Waals surface area contributed by atoms with Gasteiger partial charge in [-0.2, -0.15) is 0 Å². The Kier molecular flexibility index (Phi) is 6.40. The minimum absolute atomic E-state index is 0.117. The van der Waals surface area contributed by atoms with Crippen LogP contribution < -0.4 is 4.74 Å². The first kappa shape index (κ1) is 21.2. The SMILES string of the molecule is CCOC(=O)C[C@@H]1CCc2cc(OCCc3oc(-c4ccc(C)cc4)nc3C)ccc21. The van der Waals surface area contributed by atoms with E-state index in [1.165, 1.54) is 16.7 Å². The van der Waals surface area contributed by atoms with E-state index in [1.54, 1.807) is 0 Å². The van der Waals surface area contributed by atoms with Crippen molar-refractivity contribution in [2.24, 2.45) is 0 Å². The molecule has 5 nitrogen and oxygen atoms in total. The van der Waals surface area contributed by atoms with Crippen LogP contribution in [0.25, 0.3) is 11.5 Å². The van der Waals surface area contributed by atoms with Gasteiger partial charge in [0.15, 0.2) is 0 Å². The second-order valence-electron chi connectivity index (χ2n) is 8.10. The van der Waals surface area contributed by atoms with Gasteiger partial charge in [-0.3, -0.25) is 4.79 Å². The zero-order chi connectivity index (χ0) is 21.8. The van der Waals surface area contributed by atoms with Gasteiger partial charge in [0.1, 0.15) is 11.5 Å². The lowest BCUT2D eigenvalue weighted by molar-refractivity contribution is -0.143. The van der Waals surface area contributed by atoms with Crippen molar-refractivity contribution >= 4 is 5.97 Å². The number of aryl methyl sites for hydroxylation is 3. The summed E-state index contributed by atoms with van der Waals surface area (Å²) < 4.78 is 17.1. The highest BCUT2D eigenvalue weighted by molar-refractivity contribution is 5.71. The van der Waals surface area contributed by atoms with Crippen LogP contribution >= 0.6 is 0 Å². The molecule has 1 heterocycles.